The number of aliphatic imine (C=N–C) groups is 1. The van der Waals surface area contributed by atoms with Crippen molar-refractivity contribution in [2.45, 2.75) is 26.3 Å². The van der Waals surface area contributed by atoms with Crippen LogP contribution in [0.25, 0.3) is 0 Å². The summed E-state index contributed by atoms with van der Waals surface area (Å²) in [6.45, 7) is 14.0. The molecule has 0 aromatic heterocycles. The van der Waals surface area contributed by atoms with E-state index in [1.807, 2.05) is 6.92 Å². The molecular weight excluding hydrogens is 336 g/mol. The Morgan fingerprint density at radius 1 is 1.56 bits per heavy atom. The van der Waals surface area contributed by atoms with Crippen molar-refractivity contribution in [2.75, 3.05) is 0 Å². The molecule has 1 unspecified atom stereocenters. The van der Waals surface area contributed by atoms with Crippen LogP contribution in [-0.4, -0.2) is 12.8 Å². The van der Waals surface area contributed by atoms with E-state index in [0.29, 0.717) is 6.04 Å². The molecule has 0 radical (unpaired) electrons. The third-order valence-electron chi connectivity index (χ3n) is 0.729. The molecule has 0 saturated heterocycles. The number of hydrogen-bond donors (Lipinski definition) is 0. The first kappa shape index (κ1) is 16.4. The van der Waals surface area contributed by atoms with Crippen molar-refractivity contribution < 1.29 is 31.1 Å². The van der Waals surface area contributed by atoms with Gasteiger partial charge in [-0.1, -0.05) is 0 Å². The van der Waals surface area contributed by atoms with E-state index >= 15 is 0 Å². The third kappa shape index (κ3) is 17.7. The van der Waals surface area contributed by atoms with Gasteiger partial charge in [0, 0.05) is 6.04 Å². The predicted octanol–water partition coefficient (Wildman–Crippen LogP) is 2.14. The van der Waals surface area contributed by atoms with E-state index in [1.54, 1.807) is 6.92 Å². The average Bonchev–Trinajstić information content (AvgIpc) is 1.91. The second-order valence-corrected chi connectivity index (χ2v) is 1.32. The molecule has 9 heavy (non-hydrogen) atoms. The van der Waals surface area contributed by atoms with Crippen molar-refractivity contribution in [3.8, 4) is 0 Å². The Kier molecular flexibility index (Phi) is 28.9. The summed E-state index contributed by atoms with van der Waals surface area (Å²) in [5, 5.41) is 0. The maximum absolute atomic E-state index is 3.69. The maximum atomic E-state index is 3.69. The van der Waals surface area contributed by atoms with Gasteiger partial charge in [-0.2, -0.15) is 13.3 Å². The Bertz CT molecular complexity index is 46.2. The molecule has 0 fully saturated rings. The van der Waals surface area contributed by atoms with Crippen LogP contribution in [-0.2, 0) is 0 Å². The van der Waals surface area contributed by atoms with Gasteiger partial charge in [0.05, 0.1) is 0 Å². The Morgan fingerprint density at radius 3 is 1.89 bits per heavy atom. The Hall–Kier alpha value is 0.722. The molecule has 0 aliphatic carbocycles. The van der Waals surface area contributed by atoms with Gasteiger partial charge in [0.25, 0.3) is 0 Å². The molecular formula is C7H15NU. The fourth-order valence-electron chi connectivity index (χ4n) is 0.0913. The van der Waals surface area contributed by atoms with Gasteiger partial charge in [0.1, 0.15) is 0 Å². The first-order valence-electron chi connectivity index (χ1n) is 2.77. The summed E-state index contributed by atoms with van der Waals surface area (Å²) in [7, 11) is 0. The van der Waals surface area contributed by atoms with Gasteiger partial charge in [-0.25, -0.2) is 0 Å². The molecule has 0 rings (SSSR count). The fraction of sp³-hybridized carbons (Fsp3) is 0.571. The molecule has 1 nitrogen and oxygen atoms in total. The zero-order valence-corrected chi connectivity index (χ0v) is 10.5. The Labute approximate surface area is 82.7 Å². The predicted molar refractivity (Wildman–Crippen MR) is 40.0 cm³/mol. The van der Waals surface area contributed by atoms with Crippen LogP contribution in [0.1, 0.15) is 20.3 Å². The molecule has 0 aromatic rings. The molecule has 0 heterocycles. The van der Waals surface area contributed by atoms with Gasteiger partial charge >= 0.3 is 31.1 Å². The summed E-state index contributed by atoms with van der Waals surface area (Å²) in [4.78, 5) is 3.69. The summed E-state index contributed by atoms with van der Waals surface area (Å²) in [6, 6.07) is 0.338. The smallest absolute Gasteiger partial charge is 0.346 e. The fourth-order valence-corrected chi connectivity index (χ4v) is 0.0913. The molecule has 0 bridgehead atoms. The molecule has 0 spiro atoms. The van der Waals surface area contributed by atoms with E-state index in [4.69, 9.17) is 0 Å². The van der Waals surface area contributed by atoms with Gasteiger partial charge in [0.15, 0.2) is 0 Å². The summed E-state index contributed by atoms with van der Waals surface area (Å²) < 4.78 is 0. The van der Waals surface area contributed by atoms with Gasteiger partial charge in [-0.05, 0) is 13.6 Å². The zero-order chi connectivity index (χ0) is 6.99. The molecule has 0 amide bonds. The first-order chi connectivity index (χ1) is 3.81. The van der Waals surface area contributed by atoms with Crippen LogP contribution in [0, 0.1) is 45.0 Å². The quantitative estimate of drug-likeness (QED) is 0.534. The van der Waals surface area contributed by atoms with Crippen LogP contribution < -0.4 is 0 Å². The SMILES string of the molecule is C=NC(C)C[CH2-].[CH2-]C.[U+2]. The summed E-state index contributed by atoms with van der Waals surface area (Å²) in [5.41, 5.74) is 0. The van der Waals surface area contributed by atoms with E-state index in [1.165, 1.54) is 0 Å². The largest absolute Gasteiger partial charge is 2.00 e. The van der Waals surface area contributed by atoms with Gasteiger partial charge in [-0.3, -0.25) is 0 Å². The Balaban J connectivity index is -0.000000109. The standard InChI is InChI=1S/C5H10N.C2H5.U/c1-4-5(2)6-3;1-2;/h5H,1,3-4H2,2H3;1H2,2H3;/q2*-1;+2. The van der Waals surface area contributed by atoms with Crippen LogP contribution in [0.3, 0.4) is 0 Å². The molecule has 0 N–H and O–H groups in total. The van der Waals surface area contributed by atoms with Gasteiger partial charge in [0.2, 0.25) is 0 Å². The average molecular weight is 351 g/mol. The third-order valence-corrected chi connectivity index (χ3v) is 0.729. The van der Waals surface area contributed by atoms with E-state index in [2.05, 4.69) is 25.6 Å². The van der Waals surface area contributed by atoms with Crippen LogP contribution in [0.4, 0.5) is 0 Å². The monoisotopic (exact) mass is 351 g/mol. The normalized spacial score (nSPS) is 9.78. The molecule has 0 aliphatic heterocycles. The second kappa shape index (κ2) is 15.9. The molecule has 0 aliphatic rings. The molecule has 52 valence electrons. The number of rotatable bonds is 2. The van der Waals surface area contributed by atoms with E-state index < -0.39 is 0 Å². The minimum absolute atomic E-state index is 0. The zero-order valence-electron chi connectivity index (χ0n) is 6.35. The topological polar surface area (TPSA) is 12.4 Å². The maximum Gasteiger partial charge on any atom is 2.00 e. The summed E-state index contributed by atoms with van der Waals surface area (Å²) in [6.07, 6.45) is 0.851. The van der Waals surface area contributed by atoms with Crippen molar-refractivity contribution >= 4 is 6.72 Å². The van der Waals surface area contributed by atoms with Crippen molar-refractivity contribution in [1.82, 2.24) is 0 Å². The Morgan fingerprint density at radius 2 is 1.89 bits per heavy atom. The summed E-state index contributed by atoms with van der Waals surface area (Å²) in [5.74, 6) is 0. The van der Waals surface area contributed by atoms with Crippen molar-refractivity contribution in [1.29, 1.82) is 0 Å². The number of hydrogen-bond acceptors (Lipinski definition) is 1. The van der Waals surface area contributed by atoms with E-state index in [9.17, 15) is 0 Å². The van der Waals surface area contributed by atoms with E-state index in [0.717, 1.165) is 6.42 Å². The van der Waals surface area contributed by atoms with Crippen LogP contribution in [0.2, 0.25) is 0 Å². The summed E-state index contributed by atoms with van der Waals surface area (Å²) >= 11 is 0. The van der Waals surface area contributed by atoms with Crippen molar-refractivity contribution in [3.05, 3.63) is 13.8 Å². The van der Waals surface area contributed by atoms with Crippen molar-refractivity contribution in [3.63, 3.8) is 0 Å². The molecule has 2 heteroatoms. The van der Waals surface area contributed by atoms with Crippen LogP contribution in [0.5, 0.6) is 0 Å². The minimum atomic E-state index is 0. The first-order valence-corrected chi connectivity index (χ1v) is 2.77. The van der Waals surface area contributed by atoms with Crippen LogP contribution >= 0.6 is 0 Å². The minimum Gasteiger partial charge on any atom is -0.346 e. The second-order valence-electron chi connectivity index (χ2n) is 1.32. The van der Waals surface area contributed by atoms with Gasteiger partial charge in [-0.15, -0.1) is 0 Å². The van der Waals surface area contributed by atoms with E-state index in [-0.39, 0.29) is 31.1 Å². The molecule has 1 atom stereocenters. The number of nitrogens with zero attached hydrogens (tertiary/aromatic N) is 1. The van der Waals surface area contributed by atoms with Crippen molar-refractivity contribution in [2.24, 2.45) is 4.99 Å². The van der Waals surface area contributed by atoms with Gasteiger partial charge < -0.3 is 18.8 Å². The van der Waals surface area contributed by atoms with Crippen LogP contribution in [0.15, 0.2) is 4.99 Å². The molecule has 0 aromatic carbocycles. The molecule has 0 saturated carbocycles.